The van der Waals surface area contributed by atoms with Crippen molar-refractivity contribution in [2.24, 2.45) is 47.3 Å². The van der Waals surface area contributed by atoms with Crippen LogP contribution < -0.4 is 0 Å². The normalized spacial score (nSPS) is 43.7. The highest BCUT2D eigenvalue weighted by Gasteiger charge is 2.51. The van der Waals surface area contributed by atoms with E-state index in [-0.39, 0.29) is 47.8 Å². The van der Waals surface area contributed by atoms with E-state index in [2.05, 4.69) is 44.1 Å². The van der Waals surface area contributed by atoms with Crippen molar-refractivity contribution < 1.29 is 19.1 Å². The zero-order valence-corrected chi connectivity index (χ0v) is 21.5. The third-order valence-corrected chi connectivity index (χ3v) is 9.63. The first kappa shape index (κ1) is 24.4. The van der Waals surface area contributed by atoms with Gasteiger partial charge in [0, 0.05) is 17.8 Å². The molecule has 2 aliphatic heterocycles. The number of carbonyl (C=O) groups excluding carboxylic acids is 2. The van der Waals surface area contributed by atoms with E-state index in [1.807, 2.05) is 6.92 Å². The molecule has 10 atom stereocenters. The van der Waals surface area contributed by atoms with Gasteiger partial charge in [-0.1, -0.05) is 48.3 Å². The van der Waals surface area contributed by atoms with Gasteiger partial charge in [-0.25, -0.2) is 0 Å². The molecule has 0 aromatic carbocycles. The van der Waals surface area contributed by atoms with Crippen LogP contribution in [-0.4, -0.2) is 24.1 Å². The van der Waals surface area contributed by atoms with Gasteiger partial charge >= 0.3 is 11.9 Å². The standard InChI is InChI=1S/C16H22O2.C15H18O2/c1-3-6-13-12-8-5-4-7-11(12)9-14-15(13)10(2)18-16(14)17;1-3-11-12-7-5-4-6-10(12)8-13-14(11)9(2)17-15(13)16/h3,6,9-10,12-15H,4-5,7-8H2,1-2H3;1,8-9,11-14H,4-7H2,2H3/b6-3+;/t10-,12-,13?,14-,15+;9-,11?,12-,13-,14+/m00/s1. The lowest BCUT2D eigenvalue weighted by Gasteiger charge is -2.40. The largest absolute Gasteiger partial charge is 0.462 e. The van der Waals surface area contributed by atoms with E-state index in [9.17, 15) is 9.59 Å². The molecule has 0 aromatic heterocycles. The molecule has 35 heavy (non-hydrogen) atoms. The Labute approximate surface area is 210 Å². The third kappa shape index (κ3) is 4.30. The second kappa shape index (κ2) is 10.00. The molecule has 0 spiro atoms. The molecule has 2 unspecified atom stereocenters. The minimum absolute atomic E-state index is 0.00136. The van der Waals surface area contributed by atoms with Crippen molar-refractivity contribution in [1.29, 1.82) is 0 Å². The van der Waals surface area contributed by atoms with Crippen LogP contribution in [0.4, 0.5) is 0 Å². The van der Waals surface area contributed by atoms with Crippen molar-refractivity contribution >= 4 is 11.9 Å². The summed E-state index contributed by atoms with van der Waals surface area (Å²) < 4.78 is 10.8. The van der Waals surface area contributed by atoms with Crippen LogP contribution in [0, 0.1) is 59.7 Å². The fourth-order valence-electron chi connectivity index (χ4n) is 8.11. The number of ether oxygens (including phenoxy) is 2. The van der Waals surface area contributed by atoms with Crippen molar-refractivity contribution in [2.75, 3.05) is 0 Å². The van der Waals surface area contributed by atoms with E-state index in [0.29, 0.717) is 23.7 Å². The monoisotopic (exact) mass is 476 g/mol. The fourth-order valence-corrected chi connectivity index (χ4v) is 8.11. The molecule has 0 aromatic rings. The molecular formula is C31H40O4. The van der Waals surface area contributed by atoms with E-state index >= 15 is 0 Å². The van der Waals surface area contributed by atoms with Crippen LogP contribution in [0.3, 0.4) is 0 Å². The molecule has 4 aliphatic carbocycles. The highest BCUT2D eigenvalue weighted by molar-refractivity contribution is 5.78. The number of esters is 2. The molecule has 2 saturated heterocycles. The quantitative estimate of drug-likeness (QED) is 0.263. The van der Waals surface area contributed by atoms with Crippen molar-refractivity contribution in [2.45, 2.75) is 84.3 Å². The molecule has 0 amide bonds. The third-order valence-electron chi connectivity index (χ3n) is 9.63. The molecule has 4 fully saturated rings. The number of hydrogen-bond acceptors (Lipinski definition) is 4. The average molecular weight is 477 g/mol. The summed E-state index contributed by atoms with van der Waals surface area (Å²) in [5.74, 6) is 5.26. The number of terminal acetylenes is 1. The molecule has 4 nitrogen and oxygen atoms in total. The van der Waals surface area contributed by atoms with Crippen molar-refractivity contribution in [3.63, 3.8) is 0 Å². The maximum atomic E-state index is 12.0. The highest BCUT2D eigenvalue weighted by atomic mass is 16.6. The molecule has 188 valence electrons. The summed E-state index contributed by atoms with van der Waals surface area (Å²) in [6.45, 7) is 6.12. The minimum atomic E-state index is -0.0737. The first-order valence-corrected chi connectivity index (χ1v) is 13.9. The van der Waals surface area contributed by atoms with Gasteiger partial charge in [0.15, 0.2) is 0 Å². The molecule has 6 rings (SSSR count). The first-order valence-electron chi connectivity index (χ1n) is 13.9. The summed E-state index contributed by atoms with van der Waals surface area (Å²) in [6.07, 6.45) is 24.6. The Hall–Kier alpha value is -2.28. The Morgan fingerprint density at radius 1 is 0.857 bits per heavy atom. The van der Waals surface area contributed by atoms with Gasteiger partial charge in [0.05, 0.1) is 11.8 Å². The van der Waals surface area contributed by atoms with Crippen LogP contribution in [0.25, 0.3) is 0 Å². The van der Waals surface area contributed by atoms with Crippen LogP contribution in [0.15, 0.2) is 35.5 Å². The maximum absolute atomic E-state index is 12.0. The maximum Gasteiger partial charge on any atom is 0.313 e. The minimum Gasteiger partial charge on any atom is -0.462 e. The number of cyclic esters (lactones) is 2. The number of carbonyl (C=O) groups is 2. The number of allylic oxidation sites excluding steroid dienone is 4. The van der Waals surface area contributed by atoms with Gasteiger partial charge in [0.25, 0.3) is 0 Å². The molecule has 0 radical (unpaired) electrons. The lowest BCUT2D eigenvalue weighted by atomic mass is 9.62. The lowest BCUT2D eigenvalue weighted by molar-refractivity contribution is -0.143. The molecule has 0 N–H and O–H groups in total. The van der Waals surface area contributed by atoms with Gasteiger partial charge in [-0.15, -0.1) is 12.3 Å². The SMILES string of the molecule is C#CC1[C@H]2[C@H](C)OC(=O)[C@H]2C=C2CCCC[C@@H]21.C/C=C/C1[C@H]2[C@H](C)OC(=O)[C@H]2C=C2CCCC[C@@H]21. The summed E-state index contributed by atoms with van der Waals surface area (Å²) >= 11 is 0. The second-order valence-corrected chi connectivity index (χ2v) is 11.5. The topological polar surface area (TPSA) is 52.6 Å². The Kier molecular flexibility index (Phi) is 6.97. The summed E-state index contributed by atoms with van der Waals surface area (Å²) in [5, 5.41) is 0. The van der Waals surface area contributed by atoms with Gasteiger partial charge in [-0.05, 0) is 77.0 Å². The number of hydrogen-bond donors (Lipinski definition) is 0. The summed E-state index contributed by atoms with van der Waals surface area (Å²) in [4.78, 5) is 23.8. The molecular weight excluding hydrogens is 436 g/mol. The van der Waals surface area contributed by atoms with Gasteiger partial charge in [-0.2, -0.15) is 0 Å². The van der Waals surface area contributed by atoms with E-state index in [1.165, 1.54) is 56.1 Å². The molecule has 0 bridgehead atoms. The first-order chi connectivity index (χ1) is 16.9. The van der Waals surface area contributed by atoms with Crippen LogP contribution in [0.2, 0.25) is 0 Å². The predicted molar refractivity (Wildman–Crippen MR) is 136 cm³/mol. The van der Waals surface area contributed by atoms with E-state index in [0.717, 1.165) is 6.42 Å². The van der Waals surface area contributed by atoms with Gasteiger partial charge < -0.3 is 9.47 Å². The van der Waals surface area contributed by atoms with E-state index < -0.39 is 0 Å². The highest BCUT2D eigenvalue weighted by Crippen LogP contribution is 2.51. The summed E-state index contributed by atoms with van der Waals surface area (Å²) in [5.41, 5.74) is 2.95. The Morgan fingerprint density at radius 2 is 1.40 bits per heavy atom. The fraction of sp³-hybridized carbons (Fsp3) is 0.677. The van der Waals surface area contributed by atoms with Crippen molar-refractivity contribution in [1.82, 2.24) is 0 Å². The van der Waals surface area contributed by atoms with E-state index in [1.54, 1.807) is 0 Å². The van der Waals surface area contributed by atoms with E-state index in [4.69, 9.17) is 15.9 Å². The van der Waals surface area contributed by atoms with Crippen LogP contribution in [0.5, 0.6) is 0 Å². The van der Waals surface area contributed by atoms with Crippen molar-refractivity contribution in [3.8, 4) is 12.3 Å². The van der Waals surface area contributed by atoms with Crippen LogP contribution in [0.1, 0.15) is 72.1 Å². The molecule has 6 aliphatic rings. The van der Waals surface area contributed by atoms with Gasteiger partial charge in [0.1, 0.15) is 12.2 Å². The van der Waals surface area contributed by atoms with Crippen LogP contribution >= 0.6 is 0 Å². The lowest BCUT2D eigenvalue weighted by Crippen LogP contribution is -2.37. The molecule has 2 heterocycles. The predicted octanol–water partition coefficient (Wildman–Crippen LogP) is 6.03. The summed E-state index contributed by atoms with van der Waals surface area (Å²) in [7, 11) is 0. The zero-order valence-electron chi connectivity index (χ0n) is 21.5. The number of fused-ring (bicyclic) bond motifs is 4. The number of rotatable bonds is 1. The van der Waals surface area contributed by atoms with Gasteiger partial charge in [0.2, 0.25) is 0 Å². The Morgan fingerprint density at radius 3 is 2.00 bits per heavy atom. The second-order valence-electron chi connectivity index (χ2n) is 11.5. The Balaban J connectivity index is 0.000000145. The zero-order chi connectivity index (χ0) is 24.7. The molecule has 4 heteroatoms. The van der Waals surface area contributed by atoms with Gasteiger partial charge in [-0.3, -0.25) is 9.59 Å². The van der Waals surface area contributed by atoms with Crippen LogP contribution in [-0.2, 0) is 19.1 Å². The molecule has 2 saturated carbocycles. The Bertz CT molecular complexity index is 980. The average Bonchev–Trinajstić information content (AvgIpc) is 3.31. The summed E-state index contributed by atoms with van der Waals surface area (Å²) in [6, 6.07) is 0. The van der Waals surface area contributed by atoms with Crippen molar-refractivity contribution in [3.05, 3.63) is 35.5 Å². The smallest absolute Gasteiger partial charge is 0.313 e.